The van der Waals surface area contributed by atoms with E-state index in [2.05, 4.69) is 10.6 Å². The molecule has 0 bridgehead atoms. The van der Waals surface area contributed by atoms with E-state index in [1.54, 1.807) is 13.8 Å². The first-order chi connectivity index (χ1) is 7.88. The third kappa shape index (κ3) is 3.26. The molecule has 6 heteroatoms. The van der Waals surface area contributed by atoms with Gasteiger partial charge in [-0.15, -0.1) is 0 Å². The SMILES string of the molecule is CCCNC(=O)CN1C(=O)CNC(C)(C)C1=O. The van der Waals surface area contributed by atoms with E-state index < -0.39 is 5.54 Å². The number of rotatable bonds is 4. The summed E-state index contributed by atoms with van der Waals surface area (Å²) in [5.74, 6) is -1.02. The number of nitrogens with zero attached hydrogens (tertiary/aromatic N) is 1. The lowest BCUT2D eigenvalue weighted by Gasteiger charge is -2.36. The van der Waals surface area contributed by atoms with Gasteiger partial charge in [-0.05, 0) is 20.3 Å². The van der Waals surface area contributed by atoms with Crippen LogP contribution in [0.15, 0.2) is 0 Å². The number of amides is 3. The number of carbonyl (C=O) groups excluding carboxylic acids is 3. The quantitative estimate of drug-likeness (QED) is 0.635. The van der Waals surface area contributed by atoms with Crippen LogP contribution in [0.2, 0.25) is 0 Å². The van der Waals surface area contributed by atoms with Gasteiger partial charge in [-0.25, -0.2) is 0 Å². The minimum Gasteiger partial charge on any atom is -0.355 e. The second kappa shape index (κ2) is 5.27. The van der Waals surface area contributed by atoms with Crippen molar-refractivity contribution in [1.82, 2.24) is 15.5 Å². The maximum Gasteiger partial charge on any atom is 0.249 e. The van der Waals surface area contributed by atoms with Crippen LogP contribution in [0.3, 0.4) is 0 Å². The summed E-state index contributed by atoms with van der Waals surface area (Å²) >= 11 is 0. The predicted molar refractivity (Wildman–Crippen MR) is 62.1 cm³/mol. The van der Waals surface area contributed by atoms with E-state index in [4.69, 9.17) is 0 Å². The second-order valence-electron chi connectivity index (χ2n) is 4.61. The van der Waals surface area contributed by atoms with Gasteiger partial charge in [0.05, 0.1) is 12.1 Å². The molecule has 0 aromatic heterocycles. The molecule has 6 nitrogen and oxygen atoms in total. The Labute approximate surface area is 101 Å². The standard InChI is InChI=1S/C11H19N3O3/c1-4-5-12-8(15)7-14-9(16)6-13-11(2,3)10(14)17/h13H,4-7H2,1-3H3,(H,12,15). The summed E-state index contributed by atoms with van der Waals surface area (Å²) in [6, 6.07) is 0. The van der Waals surface area contributed by atoms with Gasteiger partial charge in [-0.2, -0.15) is 0 Å². The molecule has 17 heavy (non-hydrogen) atoms. The summed E-state index contributed by atoms with van der Waals surface area (Å²) in [5, 5.41) is 5.47. The van der Waals surface area contributed by atoms with Gasteiger partial charge in [0, 0.05) is 6.54 Å². The first-order valence-corrected chi connectivity index (χ1v) is 5.75. The number of hydrogen-bond acceptors (Lipinski definition) is 4. The van der Waals surface area contributed by atoms with Crippen molar-refractivity contribution in [1.29, 1.82) is 0 Å². The van der Waals surface area contributed by atoms with Crippen molar-refractivity contribution in [3.63, 3.8) is 0 Å². The van der Waals surface area contributed by atoms with Crippen LogP contribution in [0.4, 0.5) is 0 Å². The maximum absolute atomic E-state index is 11.9. The molecule has 1 heterocycles. The fourth-order valence-electron chi connectivity index (χ4n) is 1.54. The van der Waals surface area contributed by atoms with E-state index in [-0.39, 0.29) is 30.8 Å². The van der Waals surface area contributed by atoms with Crippen molar-refractivity contribution in [2.24, 2.45) is 0 Å². The van der Waals surface area contributed by atoms with E-state index in [1.165, 1.54) is 0 Å². The van der Waals surface area contributed by atoms with Crippen LogP contribution in [-0.2, 0) is 14.4 Å². The molecule has 0 aromatic rings. The van der Waals surface area contributed by atoms with E-state index in [0.717, 1.165) is 11.3 Å². The van der Waals surface area contributed by atoms with Crippen molar-refractivity contribution < 1.29 is 14.4 Å². The fourth-order valence-corrected chi connectivity index (χ4v) is 1.54. The number of hydrogen-bond donors (Lipinski definition) is 2. The molecule has 0 spiro atoms. The topological polar surface area (TPSA) is 78.5 Å². The van der Waals surface area contributed by atoms with Crippen molar-refractivity contribution >= 4 is 17.7 Å². The van der Waals surface area contributed by atoms with E-state index in [1.807, 2.05) is 6.92 Å². The highest BCUT2D eigenvalue weighted by atomic mass is 16.2. The highest BCUT2D eigenvalue weighted by Crippen LogP contribution is 2.12. The monoisotopic (exact) mass is 241 g/mol. The molecule has 0 aliphatic carbocycles. The van der Waals surface area contributed by atoms with E-state index in [0.29, 0.717) is 6.54 Å². The molecule has 1 saturated heterocycles. The average Bonchev–Trinajstić information content (AvgIpc) is 2.27. The number of nitrogens with one attached hydrogen (secondary N) is 2. The summed E-state index contributed by atoms with van der Waals surface area (Å²) in [7, 11) is 0. The zero-order chi connectivity index (χ0) is 13.1. The highest BCUT2D eigenvalue weighted by molar-refractivity contribution is 6.05. The van der Waals surface area contributed by atoms with Crippen LogP contribution < -0.4 is 10.6 Å². The summed E-state index contributed by atoms with van der Waals surface area (Å²) in [6.07, 6.45) is 0.820. The lowest BCUT2D eigenvalue weighted by Crippen LogP contribution is -2.64. The first kappa shape index (κ1) is 13.6. The molecule has 2 N–H and O–H groups in total. The van der Waals surface area contributed by atoms with Crippen LogP contribution in [0.25, 0.3) is 0 Å². The Kier molecular flexibility index (Phi) is 4.22. The van der Waals surface area contributed by atoms with Gasteiger partial charge in [0.15, 0.2) is 0 Å². The fraction of sp³-hybridized carbons (Fsp3) is 0.727. The van der Waals surface area contributed by atoms with Crippen LogP contribution in [-0.4, -0.2) is 47.8 Å². The molecule has 0 atom stereocenters. The van der Waals surface area contributed by atoms with E-state index in [9.17, 15) is 14.4 Å². The van der Waals surface area contributed by atoms with Crippen molar-refractivity contribution in [2.75, 3.05) is 19.6 Å². The minimum absolute atomic E-state index is 0.0831. The molecular weight excluding hydrogens is 222 g/mol. The minimum atomic E-state index is -0.793. The molecule has 0 unspecified atom stereocenters. The number of carbonyl (C=O) groups is 3. The molecule has 1 rings (SSSR count). The van der Waals surface area contributed by atoms with Crippen molar-refractivity contribution in [2.45, 2.75) is 32.7 Å². The second-order valence-corrected chi connectivity index (χ2v) is 4.61. The molecule has 0 radical (unpaired) electrons. The Morgan fingerprint density at radius 2 is 2.12 bits per heavy atom. The maximum atomic E-state index is 11.9. The largest absolute Gasteiger partial charge is 0.355 e. The van der Waals surface area contributed by atoms with E-state index >= 15 is 0 Å². The van der Waals surface area contributed by atoms with Crippen LogP contribution in [0, 0.1) is 0 Å². The molecule has 3 amide bonds. The third-order valence-corrected chi connectivity index (χ3v) is 2.64. The van der Waals surface area contributed by atoms with Gasteiger partial charge >= 0.3 is 0 Å². The normalized spacial score (nSPS) is 19.4. The summed E-state index contributed by atoms with van der Waals surface area (Å²) in [4.78, 5) is 36.0. The Morgan fingerprint density at radius 3 is 2.71 bits per heavy atom. The Morgan fingerprint density at radius 1 is 1.47 bits per heavy atom. The van der Waals surface area contributed by atoms with Crippen LogP contribution in [0.5, 0.6) is 0 Å². The average molecular weight is 241 g/mol. The van der Waals surface area contributed by atoms with Gasteiger partial charge in [-0.1, -0.05) is 6.92 Å². The lowest BCUT2D eigenvalue weighted by molar-refractivity contribution is -0.154. The molecular formula is C11H19N3O3. The van der Waals surface area contributed by atoms with Crippen molar-refractivity contribution in [3.8, 4) is 0 Å². The van der Waals surface area contributed by atoms with Gasteiger partial charge < -0.3 is 5.32 Å². The van der Waals surface area contributed by atoms with Gasteiger partial charge in [0.1, 0.15) is 6.54 Å². The Balaban J connectivity index is 2.64. The Hall–Kier alpha value is -1.43. The number of imide groups is 1. The van der Waals surface area contributed by atoms with Crippen LogP contribution in [0.1, 0.15) is 27.2 Å². The number of piperazine rings is 1. The zero-order valence-corrected chi connectivity index (χ0v) is 10.5. The lowest BCUT2D eigenvalue weighted by atomic mass is 10.0. The molecule has 1 aliphatic rings. The first-order valence-electron chi connectivity index (χ1n) is 5.75. The Bertz CT molecular complexity index is 339. The zero-order valence-electron chi connectivity index (χ0n) is 10.5. The summed E-state index contributed by atoms with van der Waals surface area (Å²) in [6.45, 7) is 5.77. The van der Waals surface area contributed by atoms with Gasteiger partial charge in [0.25, 0.3) is 0 Å². The van der Waals surface area contributed by atoms with Crippen LogP contribution >= 0.6 is 0 Å². The predicted octanol–water partition coefficient (Wildman–Crippen LogP) is -0.750. The summed E-state index contributed by atoms with van der Waals surface area (Å²) < 4.78 is 0. The molecule has 1 aliphatic heterocycles. The molecule has 96 valence electrons. The molecule has 0 saturated carbocycles. The van der Waals surface area contributed by atoms with Crippen molar-refractivity contribution in [3.05, 3.63) is 0 Å². The molecule has 0 aromatic carbocycles. The summed E-state index contributed by atoms with van der Waals surface area (Å²) in [5.41, 5.74) is -0.793. The molecule has 1 fully saturated rings. The van der Waals surface area contributed by atoms with Gasteiger partial charge in [0.2, 0.25) is 17.7 Å². The third-order valence-electron chi connectivity index (χ3n) is 2.64. The van der Waals surface area contributed by atoms with Gasteiger partial charge in [-0.3, -0.25) is 24.6 Å². The smallest absolute Gasteiger partial charge is 0.249 e. The highest BCUT2D eigenvalue weighted by Gasteiger charge is 2.40.